The average Bonchev–Trinajstić information content (AvgIpc) is 2.61. The zero-order valence-corrected chi connectivity index (χ0v) is 15.4. The smallest absolute Gasteiger partial charge is 0.298 e. The van der Waals surface area contributed by atoms with Crippen LogP contribution in [0.3, 0.4) is 0 Å². The highest BCUT2D eigenvalue weighted by molar-refractivity contribution is 7.86. The highest BCUT2D eigenvalue weighted by Gasteiger charge is 2.18. The third-order valence-corrected chi connectivity index (χ3v) is 5.48. The van der Waals surface area contributed by atoms with E-state index in [4.69, 9.17) is 9.11 Å². The van der Waals surface area contributed by atoms with E-state index in [1.165, 1.54) is 24.5 Å². The monoisotopic (exact) mass is 424 g/mol. The van der Waals surface area contributed by atoms with Gasteiger partial charge in [0.05, 0.1) is 23.8 Å². The van der Waals surface area contributed by atoms with Crippen molar-refractivity contribution in [3.8, 4) is 34.0 Å². The van der Waals surface area contributed by atoms with Crippen LogP contribution in [0.1, 0.15) is 0 Å². The Hall–Kier alpha value is -3.06. The van der Waals surface area contributed by atoms with Crippen LogP contribution in [0.15, 0.2) is 58.6 Å². The number of phenolic OH excluding ortho intramolecular Hbond substituents is 2. The van der Waals surface area contributed by atoms with E-state index in [1.807, 2.05) is 0 Å². The Bertz CT molecular complexity index is 1170. The van der Waals surface area contributed by atoms with Crippen LogP contribution in [0, 0.1) is 0 Å². The SMILES string of the molecule is O=S(=O)(O)c1cc(-c2cnc(-c3ccc(O)c(S(=O)(=O)O)c3)cn2)ccc1O. The average molecular weight is 424 g/mol. The second-order valence-corrected chi connectivity index (χ2v) is 8.38. The molecule has 1 heterocycles. The van der Waals surface area contributed by atoms with E-state index < -0.39 is 41.5 Å². The van der Waals surface area contributed by atoms with Crippen LogP contribution in [-0.2, 0) is 20.2 Å². The molecule has 0 radical (unpaired) electrons. The zero-order chi connectivity index (χ0) is 20.7. The number of hydrogen-bond acceptors (Lipinski definition) is 8. The summed E-state index contributed by atoms with van der Waals surface area (Å²) >= 11 is 0. The summed E-state index contributed by atoms with van der Waals surface area (Å²) in [6.07, 6.45) is 2.52. The molecule has 4 N–H and O–H groups in total. The van der Waals surface area contributed by atoms with Gasteiger partial charge in [0, 0.05) is 11.1 Å². The van der Waals surface area contributed by atoms with Gasteiger partial charge in [-0.05, 0) is 36.4 Å². The number of hydrogen-bond donors (Lipinski definition) is 4. The molecule has 0 spiro atoms. The summed E-state index contributed by atoms with van der Waals surface area (Å²) in [5, 5.41) is 19.1. The van der Waals surface area contributed by atoms with Crippen molar-refractivity contribution in [1.29, 1.82) is 0 Å². The van der Waals surface area contributed by atoms with E-state index in [2.05, 4.69) is 9.97 Å². The fourth-order valence-electron chi connectivity index (χ4n) is 2.39. The first kappa shape index (κ1) is 19.7. The van der Waals surface area contributed by atoms with Crippen molar-refractivity contribution in [3.63, 3.8) is 0 Å². The summed E-state index contributed by atoms with van der Waals surface area (Å²) < 4.78 is 63.4. The van der Waals surface area contributed by atoms with Gasteiger partial charge in [0.1, 0.15) is 21.3 Å². The molecule has 0 atom stereocenters. The van der Waals surface area contributed by atoms with Gasteiger partial charge < -0.3 is 10.2 Å². The largest absolute Gasteiger partial charge is 0.506 e. The highest BCUT2D eigenvalue weighted by atomic mass is 32.2. The first-order valence-corrected chi connectivity index (χ1v) is 10.3. The summed E-state index contributed by atoms with van der Waals surface area (Å²) in [6, 6.07) is 6.92. The zero-order valence-electron chi connectivity index (χ0n) is 13.8. The Labute approximate surface area is 159 Å². The molecule has 0 aliphatic carbocycles. The number of rotatable bonds is 4. The van der Waals surface area contributed by atoms with Crippen molar-refractivity contribution >= 4 is 20.2 Å². The standard InChI is InChI=1S/C16H12N2O8S2/c19-13-3-1-9(5-15(13)27(21,22)23)11-7-18-12(8-17-11)10-2-4-14(20)16(6-10)28(24,25)26/h1-8,19-20H,(H,21,22,23)(H,24,25,26). The molecule has 12 heteroatoms. The van der Waals surface area contributed by atoms with Gasteiger partial charge in [-0.2, -0.15) is 16.8 Å². The fourth-order valence-corrected chi connectivity index (χ4v) is 3.60. The van der Waals surface area contributed by atoms with Crippen molar-refractivity contribution in [3.05, 3.63) is 48.8 Å². The van der Waals surface area contributed by atoms with E-state index in [9.17, 15) is 27.0 Å². The molecule has 2 aromatic carbocycles. The van der Waals surface area contributed by atoms with Crippen LogP contribution in [0.25, 0.3) is 22.5 Å². The molecule has 0 bridgehead atoms. The molecule has 0 saturated carbocycles. The van der Waals surface area contributed by atoms with Gasteiger partial charge >= 0.3 is 0 Å². The van der Waals surface area contributed by atoms with E-state index in [0.29, 0.717) is 0 Å². The number of benzene rings is 2. The van der Waals surface area contributed by atoms with Gasteiger partial charge in [-0.15, -0.1) is 0 Å². The molecule has 0 unspecified atom stereocenters. The van der Waals surface area contributed by atoms with Crippen LogP contribution in [0.2, 0.25) is 0 Å². The second kappa shape index (κ2) is 6.83. The number of nitrogens with zero attached hydrogens (tertiary/aromatic N) is 2. The predicted molar refractivity (Wildman–Crippen MR) is 95.9 cm³/mol. The molecule has 3 aromatic rings. The lowest BCUT2D eigenvalue weighted by atomic mass is 10.1. The third kappa shape index (κ3) is 3.94. The van der Waals surface area contributed by atoms with E-state index >= 15 is 0 Å². The summed E-state index contributed by atoms with van der Waals surface area (Å²) in [7, 11) is -9.28. The lowest BCUT2D eigenvalue weighted by Gasteiger charge is -2.07. The molecule has 0 aliphatic heterocycles. The quantitative estimate of drug-likeness (QED) is 0.451. The maximum absolute atomic E-state index is 11.3. The molecule has 0 saturated heterocycles. The normalized spacial score (nSPS) is 12.1. The Morgan fingerprint density at radius 3 is 1.29 bits per heavy atom. The number of aromatic nitrogens is 2. The van der Waals surface area contributed by atoms with Gasteiger partial charge in [0.2, 0.25) is 0 Å². The van der Waals surface area contributed by atoms with Crippen LogP contribution < -0.4 is 0 Å². The topological polar surface area (TPSA) is 175 Å². The van der Waals surface area contributed by atoms with E-state index in [1.54, 1.807) is 0 Å². The van der Waals surface area contributed by atoms with Gasteiger partial charge in [0.25, 0.3) is 20.2 Å². The minimum absolute atomic E-state index is 0.211. The summed E-state index contributed by atoms with van der Waals surface area (Å²) in [6.45, 7) is 0. The van der Waals surface area contributed by atoms with Crippen molar-refractivity contribution in [2.75, 3.05) is 0 Å². The second-order valence-electron chi connectivity index (χ2n) is 5.60. The highest BCUT2D eigenvalue weighted by Crippen LogP contribution is 2.30. The van der Waals surface area contributed by atoms with Crippen molar-refractivity contribution in [2.45, 2.75) is 9.79 Å². The molecule has 146 valence electrons. The Morgan fingerprint density at radius 1 is 0.643 bits per heavy atom. The van der Waals surface area contributed by atoms with E-state index in [-0.39, 0.29) is 22.5 Å². The summed E-state index contributed by atoms with van der Waals surface area (Å²) in [5.41, 5.74) is 0.910. The number of aromatic hydroxyl groups is 2. The lowest BCUT2D eigenvalue weighted by Crippen LogP contribution is -2.00. The molecule has 0 fully saturated rings. The lowest BCUT2D eigenvalue weighted by molar-refractivity contribution is 0.441. The maximum Gasteiger partial charge on any atom is 0.298 e. The third-order valence-electron chi connectivity index (χ3n) is 3.72. The molecule has 28 heavy (non-hydrogen) atoms. The van der Waals surface area contributed by atoms with E-state index in [0.717, 1.165) is 24.3 Å². The summed E-state index contributed by atoms with van der Waals surface area (Å²) in [5.74, 6) is -1.25. The maximum atomic E-state index is 11.3. The van der Waals surface area contributed by atoms with Gasteiger partial charge in [0.15, 0.2) is 0 Å². The predicted octanol–water partition coefficient (Wildman–Crippen LogP) is 1.72. The van der Waals surface area contributed by atoms with Gasteiger partial charge in [-0.1, -0.05) is 0 Å². The Morgan fingerprint density at radius 2 is 1.00 bits per heavy atom. The van der Waals surface area contributed by atoms with Gasteiger partial charge in [-0.3, -0.25) is 19.1 Å². The van der Waals surface area contributed by atoms with Crippen molar-refractivity contribution < 1.29 is 36.2 Å². The first-order valence-electron chi connectivity index (χ1n) is 7.40. The molecule has 0 amide bonds. The fraction of sp³-hybridized carbons (Fsp3) is 0. The molecule has 3 rings (SSSR count). The Kier molecular flexibility index (Phi) is 4.81. The summed E-state index contributed by atoms with van der Waals surface area (Å²) in [4.78, 5) is 6.82. The van der Waals surface area contributed by atoms with Crippen molar-refractivity contribution in [2.24, 2.45) is 0 Å². The van der Waals surface area contributed by atoms with Crippen molar-refractivity contribution in [1.82, 2.24) is 9.97 Å². The van der Waals surface area contributed by atoms with Crippen LogP contribution in [0.5, 0.6) is 11.5 Å². The van der Waals surface area contributed by atoms with Crippen LogP contribution >= 0.6 is 0 Å². The molecule has 0 aliphatic rings. The molecule has 10 nitrogen and oxygen atoms in total. The molecular formula is C16H12N2O8S2. The van der Waals surface area contributed by atoms with Gasteiger partial charge in [-0.25, -0.2) is 0 Å². The Balaban J connectivity index is 2.02. The first-order chi connectivity index (χ1) is 13.0. The molecule has 1 aromatic heterocycles. The molecular weight excluding hydrogens is 412 g/mol. The number of phenols is 2. The minimum atomic E-state index is -4.64. The van der Waals surface area contributed by atoms with Crippen LogP contribution in [-0.4, -0.2) is 46.1 Å². The van der Waals surface area contributed by atoms with Crippen LogP contribution in [0.4, 0.5) is 0 Å². The minimum Gasteiger partial charge on any atom is -0.506 e.